The largest absolute Gasteiger partial charge is 0.241 e. The Hall–Kier alpha value is -1.72. The number of thioether (sulfide) groups is 1. The van der Waals surface area contributed by atoms with Gasteiger partial charge >= 0.3 is 0 Å². The minimum Gasteiger partial charge on any atom is -0.241 e. The Kier molecular flexibility index (Phi) is 5.19. The van der Waals surface area contributed by atoms with Gasteiger partial charge in [-0.25, -0.2) is 15.0 Å². The van der Waals surface area contributed by atoms with Crippen molar-refractivity contribution in [2.75, 3.05) is 0 Å². The van der Waals surface area contributed by atoms with Crippen LogP contribution < -0.4 is 0 Å². The molecule has 5 heteroatoms. The van der Waals surface area contributed by atoms with Crippen LogP contribution >= 0.6 is 23.1 Å². The molecule has 0 spiro atoms. The van der Waals surface area contributed by atoms with Crippen LogP contribution in [0.25, 0.3) is 10.6 Å². The van der Waals surface area contributed by atoms with Gasteiger partial charge < -0.3 is 0 Å². The number of hydrogen-bond donors (Lipinski definition) is 0. The minimum absolute atomic E-state index is 0.839. The molecule has 0 amide bonds. The Morgan fingerprint density at radius 2 is 1.95 bits per heavy atom. The maximum Gasteiger partial charge on any atom is 0.123 e. The van der Waals surface area contributed by atoms with Crippen molar-refractivity contribution in [1.29, 1.82) is 0 Å². The second-order valence-corrected chi connectivity index (χ2v) is 6.75. The molecule has 0 saturated carbocycles. The van der Waals surface area contributed by atoms with Gasteiger partial charge in [0.15, 0.2) is 0 Å². The summed E-state index contributed by atoms with van der Waals surface area (Å²) in [5.74, 6) is 0.839. The molecule has 0 atom stereocenters. The Morgan fingerprint density at radius 1 is 1.09 bits per heavy atom. The fraction of sp³-hybridized carbons (Fsp3) is 0.235. The predicted octanol–water partition coefficient (Wildman–Crippen LogP) is 4.84. The lowest BCUT2D eigenvalue weighted by molar-refractivity contribution is 0.854. The summed E-state index contributed by atoms with van der Waals surface area (Å²) in [6.45, 7) is 2.16. The van der Waals surface area contributed by atoms with Crippen molar-refractivity contribution in [2.45, 2.75) is 30.5 Å². The van der Waals surface area contributed by atoms with Gasteiger partial charge in [0.1, 0.15) is 16.4 Å². The summed E-state index contributed by atoms with van der Waals surface area (Å²) in [5, 5.41) is 4.22. The van der Waals surface area contributed by atoms with Crippen molar-refractivity contribution in [1.82, 2.24) is 15.0 Å². The Balaban J connectivity index is 1.65. The summed E-state index contributed by atoms with van der Waals surface area (Å²) >= 11 is 3.41. The molecule has 3 aromatic rings. The summed E-state index contributed by atoms with van der Waals surface area (Å²) in [7, 11) is 0. The van der Waals surface area contributed by atoms with Crippen LogP contribution in [0.3, 0.4) is 0 Å². The van der Waals surface area contributed by atoms with Gasteiger partial charge in [-0.2, -0.15) is 0 Å². The van der Waals surface area contributed by atoms with Crippen molar-refractivity contribution >= 4 is 23.1 Å². The van der Waals surface area contributed by atoms with Gasteiger partial charge in [-0.1, -0.05) is 55.4 Å². The normalized spacial score (nSPS) is 10.8. The summed E-state index contributed by atoms with van der Waals surface area (Å²) in [6, 6.07) is 12.4. The smallest absolute Gasteiger partial charge is 0.123 e. The Bertz CT molecular complexity index is 726. The summed E-state index contributed by atoms with van der Waals surface area (Å²) in [5.41, 5.74) is 3.39. The van der Waals surface area contributed by atoms with E-state index in [1.165, 1.54) is 5.56 Å². The summed E-state index contributed by atoms with van der Waals surface area (Å²) in [4.78, 5) is 13.3. The molecular weight excluding hydrogens is 310 g/mol. The van der Waals surface area contributed by atoms with E-state index in [1.807, 2.05) is 18.2 Å². The lowest BCUT2D eigenvalue weighted by Crippen LogP contribution is -1.92. The summed E-state index contributed by atoms with van der Waals surface area (Å²) < 4.78 is 0. The monoisotopic (exact) mass is 327 g/mol. The van der Waals surface area contributed by atoms with Gasteiger partial charge in [0, 0.05) is 22.4 Å². The van der Waals surface area contributed by atoms with Gasteiger partial charge in [-0.05, 0) is 12.5 Å². The second-order valence-electron chi connectivity index (χ2n) is 4.90. The van der Waals surface area contributed by atoms with Gasteiger partial charge in [-0.15, -0.1) is 11.3 Å². The number of thiazole rings is 1. The number of benzene rings is 1. The maximum absolute atomic E-state index is 4.71. The average molecular weight is 327 g/mol. The first-order chi connectivity index (χ1) is 10.8. The molecule has 0 radical (unpaired) electrons. The van der Waals surface area contributed by atoms with Gasteiger partial charge in [-0.3, -0.25) is 0 Å². The molecule has 2 heterocycles. The lowest BCUT2D eigenvalue weighted by Gasteiger charge is -2.01. The zero-order valence-corrected chi connectivity index (χ0v) is 14.0. The second kappa shape index (κ2) is 7.51. The zero-order chi connectivity index (χ0) is 15.2. The molecule has 0 aliphatic heterocycles. The first kappa shape index (κ1) is 15.2. The predicted molar refractivity (Wildman–Crippen MR) is 93.1 cm³/mol. The number of nitrogens with zero attached hydrogens (tertiary/aromatic N) is 3. The highest BCUT2D eigenvalue weighted by Gasteiger charge is 2.06. The number of aryl methyl sites for hydroxylation is 1. The fourth-order valence-corrected chi connectivity index (χ4v) is 3.80. The fourth-order valence-electron chi connectivity index (χ4n) is 2.08. The van der Waals surface area contributed by atoms with Gasteiger partial charge in [0.2, 0.25) is 0 Å². The summed E-state index contributed by atoms with van der Waals surface area (Å²) in [6.07, 6.45) is 3.77. The van der Waals surface area contributed by atoms with E-state index in [-0.39, 0.29) is 0 Å². The molecule has 0 N–H and O–H groups in total. The van der Waals surface area contributed by atoms with Crippen LogP contribution in [0.4, 0.5) is 0 Å². The van der Waals surface area contributed by atoms with Crippen molar-refractivity contribution in [2.24, 2.45) is 0 Å². The molecule has 0 aliphatic carbocycles. The molecule has 2 aromatic heterocycles. The molecule has 0 aliphatic rings. The Labute approximate surface area is 138 Å². The molecule has 3 nitrogen and oxygen atoms in total. The molecule has 0 bridgehead atoms. The van der Waals surface area contributed by atoms with Crippen LogP contribution in [-0.2, 0) is 12.2 Å². The minimum atomic E-state index is 0.839. The molecule has 3 rings (SSSR count). The third-order valence-electron chi connectivity index (χ3n) is 3.15. The standard InChI is InChI=1S/C17H17N3S2/c1-2-6-14-9-16(19-12-18-14)21-10-15-11-22-17(20-15)13-7-4-3-5-8-13/h3-5,7-9,11-12H,2,6,10H2,1H3. The number of rotatable bonds is 6. The quantitative estimate of drug-likeness (QED) is 0.479. The molecule has 0 saturated heterocycles. The molecular formula is C17H17N3S2. The lowest BCUT2D eigenvalue weighted by atomic mass is 10.2. The molecule has 1 aromatic carbocycles. The van der Waals surface area contributed by atoms with E-state index in [1.54, 1.807) is 29.4 Å². The van der Waals surface area contributed by atoms with Crippen LogP contribution in [-0.4, -0.2) is 15.0 Å². The van der Waals surface area contributed by atoms with Crippen LogP contribution in [0.2, 0.25) is 0 Å². The van der Waals surface area contributed by atoms with E-state index in [4.69, 9.17) is 4.98 Å². The maximum atomic E-state index is 4.71. The average Bonchev–Trinajstić information content (AvgIpc) is 3.04. The van der Waals surface area contributed by atoms with E-state index >= 15 is 0 Å². The van der Waals surface area contributed by atoms with Crippen molar-refractivity contribution < 1.29 is 0 Å². The van der Waals surface area contributed by atoms with Crippen LogP contribution in [0, 0.1) is 0 Å². The molecule has 0 unspecified atom stereocenters. The first-order valence-electron chi connectivity index (χ1n) is 7.28. The highest BCUT2D eigenvalue weighted by Crippen LogP contribution is 2.27. The van der Waals surface area contributed by atoms with Crippen molar-refractivity contribution in [3.05, 3.63) is 59.5 Å². The highest BCUT2D eigenvalue weighted by molar-refractivity contribution is 7.98. The first-order valence-corrected chi connectivity index (χ1v) is 9.15. The van der Waals surface area contributed by atoms with E-state index in [0.29, 0.717) is 0 Å². The highest BCUT2D eigenvalue weighted by atomic mass is 32.2. The van der Waals surface area contributed by atoms with Crippen molar-refractivity contribution in [3.8, 4) is 10.6 Å². The number of aromatic nitrogens is 3. The molecule has 0 fully saturated rings. The van der Waals surface area contributed by atoms with Crippen molar-refractivity contribution in [3.63, 3.8) is 0 Å². The van der Waals surface area contributed by atoms with Gasteiger partial charge in [0.25, 0.3) is 0 Å². The SMILES string of the molecule is CCCc1cc(SCc2csc(-c3ccccc3)n2)ncn1. The third-order valence-corrected chi connectivity index (χ3v) is 5.04. The zero-order valence-electron chi connectivity index (χ0n) is 12.4. The number of hydrogen-bond acceptors (Lipinski definition) is 5. The van der Waals surface area contributed by atoms with E-state index in [9.17, 15) is 0 Å². The van der Waals surface area contributed by atoms with E-state index in [2.05, 4.69) is 40.5 Å². The van der Waals surface area contributed by atoms with Crippen LogP contribution in [0.1, 0.15) is 24.7 Å². The van der Waals surface area contributed by atoms with E-state index in [0.717, 1.165) is 40.0 Å². The molecule has 22 heavy (non-hydrogen) atoms. The topological polar surface area (TPSA) is 38.7 Å². The third kappa shape index (κ3) is 3.93. The van der Waals surface area contributed by atoms with E-state index < -0.39 is 0 Å². The Morgan fingerprint density at radius 3 is 2.77 bits per heavy atom. The molecule has 112 valence electrons. The van der Waals surface area contributed by atoms with Gasteiger partial charge in [0.05, 0.1) is 5.69 Å². The van der Waals surface area contributed by atoms with Crippen LogP contribution in [0.15, 0.2) is 53.1 Å². The van der Waals surface area contributed by atoms with Crippen LogP contribution in [0.5, 0.6) is 0 Å².